The van der Waals surface area contributed by atoms with E-state index in [4.69, 9.17) is 4.74 Å². The van der Waals surface area contributed by atoms with Gasteiger partial charge in [-0.05, 0) is 56.9 Å². The maximum Gasteiger partial charge on any atom is 0.259 e. The van der Waals surface area contributed by atoms with Crippen LogP contribution in [0.2, 0.25) is 0 Å². The lowest BCUT2D eigenvalue weighted by Crippen LogP contribution is -2.54. The zero-order valence-corrected chi connectivity index (χ0v) is 15.3. The molecule has 7 heteroatoms. The minimum absolute atomic E-state index is 0.00348. The van der Waals surface area contributed by atoms with Crippen LogP contribution in [0.15, 0.2) is 12.1 Å². The summed E-state index contributed by atoms with van der Waals surface area (Å²) in [5.41, 5.74) is -0.580. The van der Waals surface area contributed by atoms with Crippen LogP contribution in [0, 0.1) is 23.0 Å². The molecule has 0 bridgehead atoms. The topological polar surface area (TPSA) is 53.0 Å². The maximum atomic E-state index is 14.4. The van der Waals surface area contributed by atoms with Crippen LogP contribution in [-0.4, -0.2) is 67.8 Å². The molecule has 2 fully saturated rings. The number of carbonyl (C=O) groups excluding carboxylic acids is 1. The molecule has 0 saturated carbocycles. The van der Waals surface area contributed by atoms with E-state index in [0.717, 1.165) is 38.4 Å². The third kappa shape index (κ3) is 3.30. The van der Waals surface area contributed by atoms with Crippen molar-refractivity contribution in [3.63, 3.8) is 0 Å². The Morgan fingerprint density at radius 1 is 1.27 bits per heavy atom. The maximum absolute atomic E-state index is 14.4. The van der Waals surface area contributed by atoms with Crippen LogP contribution >= 0.6 is 0 Å². The highest BCUT2D eigenvalue weighted by Crippen LogP contribution is 2.45. The normalized spacial score (nSPS) is 23.3. The Balaban J connectivity index is 1.81. The smallest absolute Gasteiger partial charge is 0.259 e. The van der Waals surface area contributed by atoms with E-state index in [2.05, 4.69) is 11.9 Å². The first-order chi connectivity index (χ1) is 12.4. The second-order valence-electron chi connectivity index (χ2n) is 7.48. The molecule has 1 spiro atoms. The fraction of sp³-hybridized carbons (Fsp3) is 0.632. The number of aliphatic hydroxyl groups excluding tert-OH is 1. The van der Waals surface area contributed by atoms with Gasteiger partial charge in [-0.15, -0.1) is 0 Å². The molecule has 144 valence electrons. The lowest BCUT2D eigenvalue weighted by molar-refractivity contribution is -0.0315. The number of hydrogen-bond donors (Lipinski definition) is 1. The van der Waals surface area contributed by atoms with Crippen molar-refractivity contribution in [1.82, 2.24) is 9.80 Å². The molecule has 1 aromatic rings. The first-order valence-electron chi connectivity index (χ1n) is 9.02. The van der Waals surface area contributed by atoms with E-state index in [1.54, 1.807) is 0 Å². The number of rotatable bonds is 3. The second kappa shape index (κ2) is 7.48. The molecule has 2 heterocycles. The van der Waals surface area contributed by atoms with Gasteiger partial charge in [0, 0.05) is 25.6 Å². The van der Waals surface area contributed by atoms with E-state index < -0.39 is 23.1 Å². The van der Waals surface area contributed by atoms with Crippen LogP contribution in [0.3, 0.4) is 0 Å². The lowest BCUT2D eigenvalue weighted by Gasteiger charge is -2.51. The van der Waals surface area contributed by atoms with E-state index in [-0.39, 0.29) is 23.7 Å². The Morgan fingerprint density at radius 2 is 1.92 bits per heavy atom. The van der Waals surface area contributed by atoms with Crippen LogP contribution in [0.1, 0.15) is 29.6 Å². The third-order valence-electron chi connectivity index (χ3n) is 6.17. The average molecular weight is 368 g/mol. The molecule has 3 rings (SSSR count). The number of likely N-dealkylation sites (tertiary alicyclic amines) is 2. The summed E-state index contributed by atoms with van der Waals surface area (Å²) >= 11 is 0. The number of ether oxygens (including phenoxy) is 1. The van der Waals surface area contributed by atoms with E-state index in [9.17, 15) is 18.7 Å². The molecule has 1 amide bonds. The number of aliphatic hydroxyl groups is 1. The predicted octanol–water partition coefficient (Wildman–Crippen LogP) is 2.14. The van der Waals surface area contributed by atoms with Gasteiger partial charge < -0.3 is 19.6 Å². The van der Waals surface area contributed by atoms with Gasteiger partial charge in [-0.3, -0.25) is 4.79 Å². The molecule has 0 radical (unpaired) electrons. The first-order valence-corrected chi connectivity index (χ1v) is 9.02. The summed E-state index contributed by atoms with van der Waals surface area (Å²) in [6.45, 7) is 2.65. The van der Waals surface area contributed by atoms with Gasteiger partial charge in [0.05, 0.1) is 7.11 Å². The Kier molecular flexibility index (Phi) is 5.48. The Hall–Kier alpha value is -1.73. The quantitative estimate of drug-likeness (QED) is 0.888. The van der Waals surface area contributed by atoms with Crippen molar-refractivity contribution in [3.8, 4) is 5.75 Å². The van der Waals surface area contributed by atoms with Crippen molar-refractivity contribution in [2.24, 2.45) is 11.3 Å². The molecule has 1 atom stereocenters. The second-order valence-corrected chi connectivity index (χ2v) is 7.48. The van der Waals surface area contributed by atoms with E-state index in [1.165, 1.54) is 18.1 Å². The molecule has 0 aliphatic carbocycles. The number of hydrogen-bond acceptors (Lipinski definition) is 4. The lowest BCUT2D eigenvalue weighted by atomic mass is 9.64. The highest BCUT2D eigenvalue weighted by molar-refractivity contribution is 5.95. The predicted molar refractivity (Wildman–Crippen MR) is 93.2 cm³/mol. The van der Waals surface area contributed by atoms with Crippen molar-refractivity contribution in [1.29, 1.82) is 0 Å². The van der Waals surface area contributed by atoms with E-state index in [1.807, 2.05) is 0 Å². The summed E-state index contributed by atoms with van der Waals surface area (Å²) in [6.07, 6.45) is 2.68. The summed E-state index contributed by atoms with van der Waals surface area (Å²) in [7, 11) is 3.35. The summed E-state index contributed by atoms with van der Waals surface area (Å²) in [5, 5.41) is 9.92. The van der Waals surface area contributed by atoms with Gasteiger partial charge in [0.2, 0.25) is 0 Å². The monoisotopic (exact) mass is 368 g/mol. The highest BCUT2D eigenvalue weighted by Gasteiger charge is 2.45. The molecule has 1 N–H and O–H groups in total. The van der Waals surface area contributed by atoms with Crippen LogP contribution in [0.25, 0.3) is 0 Å². The molecular weight excluding hydrogens is 342 g/mol. The molecule has 1 unspecified atom stereocenters. The van der Waals surface area contributed by atoms with Crippen LogP contribution in [-0.2, 0) is 0 Å². The van der Waals surface area contributed by atoms with E-state index >= 15 is 0 Å². The number of amides is 1. The standard InChI is InChI=1S/C19H26F2N2O3/c1-22-8-5-19(6-9-22)7-10-23(11-13(19)12-24)18(25)16-14(20)3-4-15(26-2)17(16)21/h3-4,13,24H,5-12H2,1-2H3. The van der Waals surface area contributed by atoms with Crippen LogP contribution in [0.4, 0.5) is 8.78 Å². The van der Waals surface area contributed by atoms with Gasteiger partial charge in [0.25, 0.3) is 5.91 Å². The molecular formula is C19H26F2N2O3. The molecule has 26 heavy (non-hydrogen) atoms. The number of piperidine rings is 2. The van der Waals surface area contributed by atoms with Gasteiger partial charge in [-0.25, -0.2) is 8.78 Å². The van der Waals surface area contributed by atoms with Gasteiger partial charge in [0.1, 0.15) is 11.4 Å². The number of benzene rings is 1. The average Bonchev–Trinajstić information content (AvgIpc) is 2.64. The van der Waals surface area contributed by atoms with Gasteiger partial charge in [0.15, 0.2) is 11.6 Å². The van der Waals surface area contributed by atoms with Gasteiger partial charge in [-0.2, -0.15) is 0 Å². The SMILES string of the molecule is COc1ccc(F)c(C(=O)N2CCC3(CCN(C)CC3)C(CO)C2)c1F. The zero-order valence-electron chi connectivity index (χ0n) is 15.3. The minimum atomic E-state index is -0.974. The zero-order chi connectivity index (χ0) is 18.9. The van der Waals surface area contributed by atoms with Crippen molar-refractivity contribution in [2.45, 2.75) is 19.3 Å². The number of carbonyl (C=O) groups is 1. The van der Waals surface area contributed by atoms with Crippen molar-refractivity contribution < 1.29 is 23.4 Å². The van der Waals surface area contributed by atoms with Crippen molar-refractivity contribution in [2.75, 3.05) is 46.9 Å². The number of halogens is 2. The Morgan fingerprint density at radius 3 is 2.54 bits per heavy atom. The van der Waals surface area contributed by atoms with Gasteiger partial charge >= 0.3 is 0 Å². The Labute approximate surface area is 152 Å². The summed E-state index contributed by atoms with van der Waals surface area (Å²) in [6, 6.07) is 2.21. The highest BCUT2D eigenvalue weighted by atomic mass is 19.1. The number of methoxy groups -OCH3 is 1. The molecule has 0 aromatic heterocycles. The molecule has 2 aliphatic rings. The Bertz CT molecular complexity index is 675. The minimum Gasteiger partial charge on any atom is -0.494 e. The molecule has 5 nitrogen and oxygen atoms in total. The molecule has 2 saturated heterocycles. The third-order valence-corrected chi connectivity index (χ3v) is 6.17. The largest absolute Gasteiger partial charge is 0.494 e. The van der Waals surface area contributed by atoms with Crippen LogP contribution in [0.5, 0.6) is 5.75 Å². The summed E-state index contributed by atoms with van der Waals surface area (Å²) < 4.78 is 33.4. The fourth-order valence-corrected chi connectivity index (χ4v) is 4.32. The van der Waals surface area contributed by atoms with Crippen molar-refractivity contribution >= 4 is 5.91 Å². The van der Waals surface area contributed by atoms with Crippen LogP contribution < -0.4 is 4.74 Å². The summed E-state index contributed by atoms with van der Waals surface area (Å²) in [4.78, 5) is 16.5. The first kappa shape index (κ1) is 19.0. The summed E-state index contributed by atoms with van der Waals surface area (Å²) in [5.74, 6) is -2.78. The molecule has 1 aromatic carbocycles. The molecule has 2 aliphatic heterocycles. The van der Waals surface area contributed by atoms with E-state index in [0.29, 0.717) is 13.1 Å². The van der Waals surface area contributed by atoms with Gasteiger partial charge in [-0.1, -0.05) is 0 Å². The van der Waals surface area contributed by atoms with Crippen molar-refractivity contribution in [3.05, 3.63) is 29.3 Å². The fourth-order valence-electron chi connectivity index (χ4n) is 4.32. The number of nitrogens with zero attached hydrogens (tertiary/aromatic N) is 2.